The van der Waals surface area contributed by atoms with Crippen LogP contribution in [-0.2, 0) is 6.42 Å². The minimum absolute atomic E-state index is 0.221. The molecule has 0 saturated heterocycles. The van der Waals surface area contributed by atoms with Gasteiger partial charge in [-0.1, -0.05) is 45.4 Å². The minimum Gasteiger partial charge on any atom is -0.198 e. The molecule has 3 heteroatoms. The summed E-state index contributed by atoms with van der Waals surface area (Å²) in [5, 5.41) is 19.1. The largest absolute Gasteiger partial charge is 0.198 e. The molecule has 0 bridgehead atoms. The van der Waals surface area contributed by atoms with Crippen molar-refractivity contribution in [2.24, 2.45) is 0 Å². The summed E-state index contributed by atoms with van der Waals surface area (Å²) in [5.41, 5.74) is 3.50. The van der Waals surface area contributed by atoms with Crippen LogP contribution >= 0.6 is 11.6 Å². The van der Waals surface area contributed by atoms with Gasteiger partial charge in [0, 0.05) is 5.02 Å². The molecule has 2 nitrogen and oxygen atoms in total. The van der Waals surface area contributed by atoms with Gasteiger partial charge >= 0.3 is 0 Å². The van der Waals surface area contributed by atoms with Crippen LogP contribution in [0.3, 0.4) is 0 Å². The monoisotopic (exact) mass is 288 g/mol. The van der Waals surface area contributed by atoms with Crippen LogP contribution in [0.15, 0.2) is 6.07 Å². The molecular formula is C17H21ClN2. The quantitative estimate of drug-likeness (QED) is 0.737. The SMILES string of the molecule is CCC(C)c1cc(CC#N)c(Cl)c(C(C)CC)c1C#N. The zero-order valence-corrected chi connectivity index (χ0v) is 13.4. The minimum atomic E-state index is 0.221. The average molecular weight is 289 g/mol. The van der Waals surface area contributed by atoms with Crippen LogP contribution in [-0.4, -0.2) is 0 Å². The van der Waals surface area contributed by atoms with Crippen molar-refractivity contribution in [3.63, 3.8) is 0 Å². The van der Waals surface area contributed by atoms with Gasteiger partial charge in [-0.05, 0) is 41.4 Å². The standard InChI is InChI=1S/C17H21ClN2/c1-5-11(3)14-9-13(7-8-19)17(18)16(12(4)6-2)15(14)10-20/h9,11-12H,5-7H2,1-4H3. The summed E-state index contributed by atoms with van der Waals surface area (Å²) in [5.74, 6) is 0.515. The first-order valence-corrected chi connectivity index (χ1v) is 7.51. The lowest BCUT2D eigenvalue weighted by Crippen LogP contribution is -2.07. The zero-order valence-electron chi connectivity index (χ0n) is 12.6. The summed E-state index contributed by atoms with van der Waals surface area (Å²) in [7, 11) is 0. The van der Waals surface area contributed by atoms with Gasteiger partial charge in [-0.25, -0.2) is 0 Å². The van der Waals surface area contributed by atoms with Crippen molar-refractivity contribution in [1.29, 1.82) is 10.5 Å². The second-order valence-corrected chi connectivity index (χ2v) is 5.67. The Hall–Kier alpha value is -1.51. The second kappa shape index (κ2) is 7.32. The first-order chi connectivity index (χ1) is 9.51. The molecule has 1 rings (SSSR count). The summed E-state index contributed by atoms with van der Waals surface area (Å²) in [4.78, 5) is 0. The average Bonchev–Trinajstić information content (AvgIpc) is 2.47. The van der Waals surface area contributed by atoms with Crippen LogP contribution in [0.2, 0.25) is 5.02 Å². The predicted octanol–water partition coefficient (Wildman–Crippen LogP) is 5.30. The number of hydrogen-bond acceptors (Lipinski definition) is 2. The van der Waals surface area contributed by atoms with E-state index < -0.39 is 0 Å². The summed E-state index contributed by atoms with van der Waals surface area (Å²) >= 11 is 6.46. The fourth-order valence-electron chi connectivity index (χ4n) is 2.38. The van der Waals surface area contributed by atoms with E-state index in [0.29, 0.717) is 16.5 Å². The van der Waals surface area contributed by atoms with Crippen molar-refractivity contribution in [2.75, 3.05) is 0 Å². The van der Waals surface area contributed by atoms with Gasteiger partial charge in [0.2, 0.25) is 0 Å². The third kappa shape index (κ3) is 3.14. The molecule has 0 aromatic heterocycles. The van der Waals surface area contributed by atoms with Crippen molar-refractivity contribution < 1.29 is 0 Å². The number of nitriles is 2. The van der Waals surface area contributed by atoms with Gasteiger partial charge in [0.15, 0.2) is 0 Å². The molecule has 0 radical (unpaired) electrons. The van der Waals surface area contributed by atoms with E-state index >= 15 is 0 Å². The maximum absolute atomic E-state index is 9.56. The third-order valence-corrected chi connectivity index (χ3v) is 4.48. The van der Waals surface area contributed by atoms with Crippen LogP contribution in [0.5, 0.6) is 0 Å². The Morgan fingerprint density at radius 1 is 1.15 bits per heavy atom. The highest BCUT2D eigenvalue weighted by molar-refractivity contribution is 6.32. The van der Waals surface area contributed by atoms with Crippen LogP contribution < -0.4 is 0 Å². The van der Waals surface area contributed by atoms with Gasteiger partial charge in [0.25, 0.3) is 0 Å². The number of benzene rings is 1. The molecular weight excluding hydrogens is 268 g/mol. The smallest absolute Gasteiger partial charge is 0.0998 e. The topological polar surface area (TPSA) is 47.6 Å². The second-order valence-electron chi connectivity index (χ2n) is 5.29. The Bertz CT molecular complexity index is 564. The first kappa shape index (κ1) is 16.5. The lowest BCUT2D eigenvalue weighted by Gasteiger charge is -2.21. The molecule has 20 heavy (non-hydrogen) atoms. The lowest BCUT2D eigenvalue weighted by molar-refractivity contribution is 0.705. The molecule has 0 fully saturated rings. The Balaban J connectivity index is 3.66. The molecule has 0 aliphatic carbocycles. The van der Waals surface area contributed by atoms with Crippen molar-refractivity contribution in [2.45, 2.75) is 58.8 Å². The molecule has 1 aromatic rings. The summed E-state index contributed by atoms with van der Waals surface area (Å²) in [6.07, 6.45) is 2.17. The molecule has 0 aliphatic rings. The highest BCUT2D eigenvalue weighted by Crippen LogP contribution is 2.38. The molecule has 1 aromatic carbocycles. The Morgan fingerprint density at radius 2 is 1.75 bits per heavy atom. The molecule has 0 heterocycles. The van der Waals surface area contributed by atoms with Crippen LogP contribution in [0.4, 0.5) is 0 Å². The zero-order chi connectivity index (χ0) is 15.3. The van der Waals surface area contributed by atoms with Gasteiger partial charge in [0.1, 0.15) is 0 Å². The van der Waals surface area contributed by atoms with Crippen molar-refractivity contribution in [3.8, 4) is 12.1 Å². The van der Waals surface area contributed by atoms with E-state index in [1.54, 1.807) is 0 Å². The third-order valence-electron chi connectivity index (χ3n) is 4.04. The molecule has 0 amide bonds. The fraction of sp³-hybridized carbons (Fsp3) is 0.529. The van der Waals surface area contributed by atoms with Crippen molar-refractivity contribution in [1.82, 2.24) is 0 Å². The maximum atomic E-state index is 9.56. The molecule has 106 valence electrons. The molecule has 2 atom stereocenters. The van der Waals surface area contributed by atoms with E-state index in [2.05, 4.69) is 39.8 Å². The molecule has 0 N–H and O–H groups in total. The molecule has 0 spiro atoms. The van der Waals surface area contributed by atoms with Gasteiger partial charge in [0.05, 0.1) is 24.1 Å². The van der Waals surface area contributed by atoms with Crippen molar-refractivity contribution in [3.05, 3.63) is 33.3 Å². The Kier molecular flexibility index (Phi) is 6.05. The van der Waals surface area contributed by atoms with Crippen molar-refractivity contribution >= 4 is 11.6 Å². The summed E-state index contributed by atoms with van der Waals surface area (Å²) in [6.45, 7) is 8.38. The van der Waals surface area contributed by atoms with Crippen LogP contribution in [0, 0.1) is 22.7 Å². The van der Waals surface area contributed by atoms with E-state index in [1.165, 1.54) is 0 Å². The summed E-state index contributed by atoms with van der Waals surface area (Å²) in [6, 6.07) is 6.45. The number of hydrogen-bond donors (Lipinski definition) is 0. The van der Waals surface area contributed by atoms with Gasteiger partial charge < -0.3 is 0 Å². The Morgan fingerprint density at radius 3 is 2.20 bits per heavy atom. The Labute approximate surface area is 127 Å². The number of nitrogens with zero attached hydrogens (tertiary/aromatic N) is 2. The number of halogens is 1. The fourth-order valence-corrected chi connectivity index (χ4v) is 2.78. The van der Waals surface area contributed by atoms with E-state index in [9.17, 15) is 5.26 Å². The first-order valence-electron chi connectivity index (χ1n) is 7.13. The molecule has 2 unspecified atom stereocenters. The highest BCUT2D eigenvalue weighted by Gasteiger charge is 2.22. The summed E-state index contributed by atoms with van der Waals surface area (Å²) < 4.78 is 0. The highest BCUT2D eigenvalue weighted by atomic mass is 35.5. The van der Waals surface area contributed by atoms with E-state index in [0.717, 1.165) is 29.5 Å². The molecule has 0 saturated carbocycles. The lowest BCUT2D eigenvalue weighted by atomic mass is 9.84. The van der Waals surface area contributed by atoms with Gasteiger partial charge in [-0.2, -0.15) is 10.5 Å². The van der Waals surface area contributed by atoms with E-state index in [-0.39, 0.29) is 12.3 Å². The van der Waals surface area contributed by atoms with E-state index in [4.69, 9.17) is 16.9 Å². The van der Waals surface area contributed by atoms with Gasteiger partial charge in [-0.15, -0.1) is 0 Å². The van der Waals surface area contributed by atoms with Crippen LogP contribution in [0.1, 0.15) is 74.6 Å². The van der Waals surface area contributed by atoms with E-state index in [1.807, 2.05) is 6.07 Å². The normalized spacial score (nSPS) is 13.3. The predicted molar refractivity (Wildman–Crippen MR) is 82.9 cm³/mol. The molecule has 0 aliphatic heterocycles. The number of rotatable bonds is 5. The maximum Gasteiger partial charge on any atom is 0.0998 e. The van der Waals surface area contributed by atoms with Crippen LogP contribution in [0.25, 0.3) is 0 Å². The van der Waals surface area contributed by atoms with Gasteiger partial charge in [-0.3, -0.25) is 0 Å².